The van der Waals surface area contributed by atoms with Crippen LogP contribution in [0.25, 0.3) is 0 Å². The van der Waals surface area contributed by atoms with Crippen molar-refractivity contribution in [3.05, 3.63) is 88.0 Å². The summed E-state index contributed by atoms with van der Waals surface area (Å²) in [6.45, 7) is 10.2. The van der Waals surface area contributed by atoms with Gasteiger partial charge >= 0.3 is 0 Å². The number of nitrogens with zero attached hydrogens (tertiary/aromatic N) is 1. The number of hydrogen-bond acceptors (Lipinski definition) is 4. The van der Waals surface area contributed by atoms with Crippen LogP contribution in [0.3, 0.4) is 0 Å². The molecule has 1 aliphatic rings. The minimum Gasteiger partial charge on any atom is -0.484 e. The Kier molecular flexibility index (Phi) is 7.41. The predicted molar refractivity (Wildman–Crippen MR) is 143 cm³/mol. The first kappa shape index (κ1) is 25.8. The summed E-state index contributed by atoms with van der Waals surface area (Å²) in [6, 6.07) is 16.5. The molecule has 7 heteroatoms. The van der Waals surface area contributed by atoms with Gasteiger partial charge in [-0.25, -0.2) is 8.42 Å². The molecule has 3 aromatic carbocycles. The predicted octanol–water partition coefficient (Wildman–Crippen LogP) is 5.32. The third-order valence-electron chi connectivity index (χ3n) is 6.89. The second-order valence-electron chi connectivity index (χ2n) is 9.61. The van der Waals surface area contributed by atoms with E-state index in [0.29, 0.717) is 17.9 Å². The van der Waals surface area contributed by atoms with Gasteiger partial charge < -0.3 is 10.1 Å². The van der Waals surface area contributed by atoms with Gasteiger partial charge in [-0.05, 0) is 105 Å². The third kappa shape index (κ3) is 5.26. The van der Waals surface area contributed by atoms with Gasteiger partial charge in [0.25, 0.3) is 15.9 Å². The Balaban J connectivity index is 1.43. The largest absolute Gasteiger partial charge is 0.484 e. The van der Waals surface area contributed by atoms with Crippen LogP contribution in [0.4, 0.5) is 5.69 Å². The molecule has 4 rings (SSSR count). The maximum atomic E-state index is 13.4. The zero-order valence-electron chi connectivity index (χ0n) is 21.6. The zero-order valence-corrected chi connectivity index (χ0v) is 22.4. The number of fused-ring (bicyclic) bond motifs is 1. The van der Waals surface area contributed by atoms with Gasteiger partial charge in [0.15, 0.2) is 6.61 Å². The number of ether oxygens (including phenoxy) is 1. The monoisotopic (exact) mass is 506 g/mol. The van der Waals surface area contributed by atoms with E-state index in [-0.39, 0.29) is 23.5 Å². The highest BCUT2D eigenvalue weighted by molar-refractivity contribution is 7.92. The topological polar surface area (TPSA) is 75.7 Å². The van der Waals surface area contributed by atoms with Crippen LogP contribution in [0.5, 0.6) is 5.75 Å². The molecule has 0 radical (unpaired) electrons. The lowest BCUT2D eigenvalue weighted by atomic mass is 9.96. The number of carbonyl (C=O) groups is 1. The molecule has 0 saturated heterocycles. The summed E-state index contributed by atoms with van der Waals surface area (Å²) in [5, 5.41) is 2.99. The molecule has 1 aliphatic heterocycles. The summed E-state index contributed by atoms with van der Waals surface area (Å²) in [5.41, 5.74) is 7.07. The molecule has 0 aliphatic carbocycles. The second-order valence-corrected chi connectivity index (χ2v) is 11.5. The molecule has 0 spiro atoms. The highest BCUT2D eigenvalue weighted by Gasteiger charge is 2.29. The summed E-state index contributed by atoms with van der Waals surface area (Å²) in [5.74, 6) is 0.249. The van der Waals surface area contributed by atoms with E-state index in [1.165, 1.54) is 15.4 Å². The minimum absolute atomic E-state index is 0.151. The average Bonchev–Trinajstić information content (AvgIpc) is 2.85. The minimum atomic E-state index is -3.70. The molecule has 0 unspecified atom stereocenters. The lowest BCUT2D eigenvalue weighted by molar-refractivity contribution is -0.123. The Hall–Kier alpha value is -3.32. The normalized spacial score (nSPS) is 14.2. The van der Waals surface area contributed by atoms with Crippen LogP contribution >= 0.6 is 0 Å². The van der Waals surface area contributed by atoms with E-state index in [0.717, 1.165) is 35.2 Å². The number of para-hydroxylation sites is 1. The van der Waals surface area contributed by atoms with Crippen molar-refractivity contribution in [3.63, 3.8) is 0 Å². The number of rotatable bonds is 7. The SMILES string of the molecule is Cc1cc(C)c([C@H](C)NC(=O)COc2ccc(S(=O)(=O)N3CCCc4ccccc43)cc2C)cc1C. The summed E-state index contributed by atoms with van der Waals surface area (Å²) < 4.78 is 34.1. The van der Waals surface area contributed by atoms with E-state index in [1.54, 1.807) is 25.1 Å². The van der Waals surface area contributed by atoms with Gasteiger partial charge in [-0.2, -0.15) is 0 Å². The lowest BCUT2D eigenvalue weighted by Gasteiger charge is -2.30. The van der Waals surface area contributed by atoms with Crippen LogP contribution in [-0.4, -0.2) is 27.5 Å². The fourth-order valence-electron chi connectivity index (χ4n) is 4.77. The van der Waals surface area contributed by atoms with Gasteiger partial charge in [-0.3, -0.25) is 9.10 Å². The van der Waals surface area contributed by atoms with Crippen LogP contribution in [-0.2, 0) is 21.2 Å². The molecule has 1 amide bonds. The number of amides is 1. The molecule has 0 aromatic heterocycles. The number of hydrogen-bond donors (Lipinski definition) is 1. The van der Waals surface area contributed by atoms with Crippen LogP contribution in [0.1, 0.15) is 52.8 Å². The van der Waals surface area contributed by atoms with Crippen LogP contribution in [0.15, 0.2) is 59.5 Å². The van der Waals surface area contributed by atoms with Crippen molar-refractivity contribution < 1.29 is 17.9 Å². The van der Waals surface area contributed by atoms with Crippen molar-refractivity contribution in [1.82, 2.24) is 5.32 Å². The van der Waals surface area contributed by atoms with Gasteiger partial charge in [0.05, 0.1) is 16.6 Å². The third-order valence-corrected chi connectivity index (χ3v) is 8.70. The van der Waals surface area contributed by atoms with E-state index < -0.39 is 10.0 Å². The fourth-order valence-corrected chi connectivity index (χ4v) is 6.40. The van der Waals surface area contributed by atoms with Crippen molar-refractivity contribution >= 4 is 21.6 Å². The van der Waals surface area contributed by atoms with Gasteiger partial charge in [0.2, 0.25) is 0 Å². The molecule has 6 nitrogen and oxygen atoms in total. The molecule has 0 bridgehead atoms. The highest BCUT2D eigenvalue weighted by Crippen LogP contribution is 2.33. The summed E-state index contributed by atoms with van der Waals surface area (Å²) in [6.07, 6.45) is 1.66. The van der Waals surface area contributed by atoms with E-state index in [2.05, 4.69) is 31.3 Å². The summed E-state index contributed by atoms with van der Waals surface area (Å²) >= 11 is 0. The van der Waals surface area contributed by atoms with Crippen molar-refractivity contribution in [3.8, 4) is 5.75 Å². The summed E-state index contributed by atoms with van der Waals surface area (Å²) in [7, 11) is -3.70. The van der Waals surface area contributed by atoms with Crippen molar-refractivity contribution in [2.24, 2.45) is 0 Å². The Morgan fingerprint density at radius 2 is 1.69 bits per heavy atom. The zero-order chi connectivity index (χ0) is 26.0. The summed E-state index contributed by atoms with van der Waals surface area (Å²) in [4.78, 5) is 12.8. The molecule has 0 saturated carbocycles. The number of carbonyl (C=O) groups excluding carboxylic acids is 1. The number of aryl methyl sites for hydroxylation is 5. The van der Waals surface area contributed by atoms with Gasteiger partial charge in [-0.15, -0.1) is 0 Å². The van der Waals surface area contributed by atoms with Gasteiger partial charge in [0.1, 0.15) is 5.75 Å². The Morgan fingerprint density at radius 1 is 0.972 bits per heavy atom. The molecule has 36 heavy (non-hydrogen) atoms. The molecule has 1 atom stereocenters. The van der Waals surface area contributed by atoms with Crippen molar-refractivity contribution in [2.45, 2.75) is 58.4 Å². The molecule has 3 aromatic rings. The fraction of sp³-hybridized carbons (Fsp3) is 0.345. The number of sulfonamides is 1. The highest BCUT2D eigenvalue weighted by atomic mass is 32.2. The van der Waals surface area contributed by atoms with E-state index in [9.17, 15) is 13.2 Å². The van der Waals surface area contributed by atoms with Crippen LogP contribution in [0, 0.1) is 27.7 Å². The molecule has 0 fully saturated rings. The van der Waals surface area contributed by atoms with E-state index in [1.807, 2.05) is 38.1 Å². The van der Waals surface area contributed by atoms with E-state index >= 15 is 0 Å². The standard InChI is InChI=1S/C29H34N2O4S/c1-19-15-21(3)26(17-20(19)2)23(5)30-29(32)18-35-28-13-12-25(16-22(28)4)36(33,34)31-14-8-10-24-9-6-7-11-27(24)31/h6-7,9,11-13,15-17,23H,8,10,14,18H2,1-5H3,(H,30,32)/t23-/m0/s1. The Labute approximate surface area is 214 Å². The molecular formula is C29H34N2O4S. The maximum absolute atomic E-state index is 13.4. The first-order chi connectivity index (χ1) is 17.1. The van der Waals surface area contributed by atoms with Crippen LogP contribution in [0.2, 0.25) is 0 Å². The first-order valence-electron chi connectivity index (χ1n) is 12.3. The molecule has 1 heterocycles. The van der Waals surface area contributed by atoms with Crippen LogP contribution < -0.4 is 14.4 Å². The van der Waals surface area contributed by atoms with Gasteiger partial charge in [-0.1, -0.05) is 30.3 Å². The first-order valence-corrected chi connectivity index (χ1v) is 13.7. The van der Waals surface area contributed by atoms with Crippen molar-refractivity contribution in [1.29, 1.82) is 0 Å². The lowest BCUT2D eigenvalue weighted by Crippen LogP contribution is -2.35. The number of anilines is 1. The molecule has 1 N–H and O–H groups in total. The quantitative estimate of drug-likeness (QED) is 0.471. The van der Waals surface area contributed by atoms with E-state index in [4.69, 9.17) is 4.74 Å². The number of nitrogens with one attached hydrogen (secondary N) is 1. The van der Waals surface area contributed by atoms with Gasteiger partial charge in [0, 0.05) is 6.54 Å². The smallest absolute Gasteiger partial charge is 0.264 e. The second kappa shape index (κ2) is 10.3. The van der Waals surface area contributed by atoms with Crippen molar-refractivity contribution in [2.75, 3.05) is 17.5 Å². The number of benzene rings is 3. The molecular weight excluding hydrogens is 472 g/mol. The average molecular weight is 507 g/mol. The Bertz CT molecular complexity index is 1400. The Morgan fingerprint density at radius 3 is 2.44 bits per heavy atom. The maximum Gasteiger partial charge on any atom is 0.264 e. The molecule has 190 valence electrons.